The van der Waals surface area contributed by atoms with Crippen LogP contribution in [0, 0.1) is 0 Å². The molecule has 2 heteroatoms. The van der Waals surface area contributed by atoms with E-state index in [9.17, 15) is 4.79 Å². The minimum atomic E-state index is -0.664. The first-order valence-electron chi connectivity index (χ1n) is 12.6. The number of aliphatic carboxylic acids is 1. The van der Waals surface area contributed by atoms with Crippen LogP contribution in [0.25, 0.3) is 0 Å². The average molecular weight is 417 g/mol. The summed E-state index contributed by atoms with van der Waals surface area (Å²) in [5.74, 6) is -0.664. The van der Waals surface area contributed by atoms with Crippen molar-refractivity contribution < 1.29 is 9.90 Å². The van der Waals surface area contributed by atoms with Crippen LogP contribution in [0.15, 0.2) is 48.6 Å². The number of allylic oxidation sites excluding steroid dienone is 8. The third-order valence-electron chi connectivity index (χ3n) is 5.20. The molecule has 1 N–H and O–H groups in total. The zero-order chi connectivity index (χ0) is 22.0. The largest absolute Gasteiger partial charge is 0.481 e. The highest BCUT2D eigenvalue weighted by molar-refractivity contribution is 5.66. The highest BCUT2D eigenvalue weighted by Crippen LogP contribution is 2.11. The van der Waals surface area contributed by atoms with E-state index in [0.29, 0.717) is 6.42 Å². The molecule has 0 aromatic rings. The summed E-state index contributed by atoms with van der Waals surface area (Å²) < 4.78 is 0. The Morgan fingerprint density at radius 1 is 0.533 bits per heavy atom. The Kier molecular flexibility index (Phi) is 24.1. The maximum absolute atomic E-state index is 10.4. The third-order valence-corrected chi connectivity index (χ3v) is 5.20. The molecular formula is C28H48O2. The first-order chi connectivity index (χ1) is 14.8. The first-order valence-corrected chi connectivity index (χ1v) is 12.6. The molecule has 0 amide bonds. The summed E-state index contributed by atoms with van der Waals surface area (Å²) in [6.45, 7) is 2.17. The van der Waals surface area contributed by atoms with Crippen molar-refractivity contribution in [2.45, 2.75) is 122 Å². The lowest BCUT2D eigenvalue weighted by Gasteiger charge is -2.00. The second-order valence-electron chi connectivity index (χ2n) is 8.16. The van der Waals surface area contributed by atoms with Crippen LogP contribution in [0.2, 0.25) is 0 Å². The summed E-state index contributed by atoms with van der Waals surface area (Å²) in [5, 5.41) is 8.58. The van der Waals surface area contributed by atoms with Gasteiger partial charge in [0.15, 0.2) is 0 Å². The lowest BCUT2D eigenvalue weighted by molar-refractivity contribution is -0.137. The molecule has 30 heavy (non-hydrogen) atoms. The molecule has 0 aliphatic rings. The number of carboxylic acid groups (broad SMARTS) is 1. The lowest BCUT2D eigenvalue weighted by atomic mass is 10.1. The van der Waals surface area contributed by atoms with Crippen molar-refractivity contribution >= 4 is 5.97 Å². The van der Waals surface area contributed by atoms with Crippen molar-refractivity contribution in [3.8, 4) is 0 Å². The van der Waals surface area contributed by atoms with E-state index in [1.807, 2.05) is 0 Å². The summed E-state index contributed by atoms with van der Waals surface area (Å²) in [4.78, 5) is 10.4. The average Bonchev–Trinajstić information content (AvgIpc) is 2.73. The third kappa shape index (κ3) is 26.4. The standard InChI is InChI=1S/C28H48O2/c1-2-3-4-5-6-7-8-9-10-11-12-13-14-15-16-17-18-19-20-21-22-23-24-25-26-27-28(29)30/h3-4,6-7,9-10,18-19H,2,5,8,11-17,20-27H2,1H3,(H,29,30). The van der Waals surface area contributed by atoms with Crippen LogP contribution in [0.5, 0.6) is 0 Å². The topological polar surface area (TPSA) is 37.3 Å². The van der Waals surface area contributed by atoms with Crippen LogP contribution in [-0.4, -0.2) is 11.1 Å². The van der Waals surface area contributed by atoms with Crippen LogP contribution in [0.1, 0.15) is 122 Å². The molecule has 0 rings (SSSR count). The van der Waals surface area contributed by atoms with E-state index in [1.165, 1.54) is 77.0 Å². The molecule has 0 atom stereocenters. The van der Waals surface area contributed by atoms with E-state index in [2.05, 4.69) is 55.5 Å². The van der Waals surface area contributed by atoms with Gasteiger partial charge in [-0.2, -0.15) is 0 Å². The van der Waals surface area contributed by atoms with Crippen molar-refractivity contribution in [2.75, 3.05) is 0 Å². The molecule has 2 nitrogen and oxygen atoms in total. The van der Waals surface area contributed by atoms with Crippen molar-refractivity contribution in [3.05, 3.63) is 48.6 Å². The fourth-order valence-electron chi connectivity index (χ4n) is 3.36. The Bertz CT molecular complexity index is 471. The molecule has 0 aromatic carbocycles. The van der Waals surface area contributed by atoms with Gasteiger partial charge in [-0.15, -0.1) is 0 Å². The Morgan fingerprint density at radius 3 is 1.37 bits per heavy atom. The zero-order valence-corrected chi connectivity index (χ0v) is 19.7. The van der Waals surface area contributed by atoms with Gasteiger partial charge in [0.1, 0.15) is 0 Å². The number of hydrogen-bond acceptors (Lipinski definition) is 1. The van der Waals surface area contributed by atoms with Gasteiger partial charge in [-0.3, -0.25) is 4.79 Å². The van der Waals surface area contributed by atoms with Crippen LogP contribution >= 0.6 is 0 Å². The van der Waals surface area contributed by atoms with Gasteiger partial charge in [0, 0.05) is 6.42 Å². The first kappa shape index (κ1) is 28.4. The molecule has 0 unspecified atom stereocenters. The molecule has 0 heterocycles. The fourth-order valence-corrected chi connectivity index (χ4v) is 3.36. The number of hydrogen-bond donors (Lipinski definition) is 1. The van der Waals surface area contributed by atoms with E-state index in [0.717, 1.165) is 32.1 Å². The molecule has 0 saturated carbocycles. The Labute approximate surface area is 187 Å². The highest BCUT2D eigenvalue weighted by atomic mass is 16.4. The smallest absolute Gasteiger partial charge is 0.303 e. The van der Waals surface area contributed by atoms with Crippen molar-refractivity contribution in [3.63, 3.8) is 0 Å². The normalized spacial score (nSPS) is 12.3. The predicted molar refractivity (Wildman–Crippen MR) is 133 cm³/mol. The van der Waals surface area contributed by atoms with Gasteiger partial charge in [-0.05, 0) is 64.2 Å². The van der Waals surface area contributed by atoms with Gasteiger partial charge >= 0.3 is 5.97 Å². The summed E-state index contributed by atoms with van der Waals surface area (Å²) in [5.41, 5.74) is 0. The van der Waals surface area contributed by atoms with E-state index >= 15 is 0 Å². The van der Waals surface area contributed by atoms with Gasteiger partial charge < -0.3 is 5.11 Å². The van der Waals surface area contributed by atoms with Crippen LogP contribution in [0.4, 0.5) is 0 Å². The number of unbranched alkanes of at least 4 members (excludes halogenated alkanes) is 12. The fraction of sp³-hybridized carbons (Fsp3) is 0.679. The maximum Gasteiger partial charge on any atom is 0.303 e. The van der Waals surface area contributed by atoms with Crippen LogP contribution < -0.4 is 0 Å². The van der Waals surface area contributed by atoms with Crippen molar-refractivity contribution in [1.82, 2.24) is 0 Å². The molecular weight excluding hydrogens is 368 g/mol. The predicted octanol–water partition coefficient (Wildman–Crippen LogP) is 9.34. The van der Waals surface area contributed by atoms with Crippen molar-refractivity contribution in [2.24, 2.45) is 0 Å². The molecule has 0 aliphatic carbocycles. The number of carbonyl (C=O) groups is 1. The van der Waals surface area contributed by atoms with Crippen molar-refractivity contribution in [1.29, 1.82) is 0 Å². The molecule has 0 radical (unpaired) electrons. The van der Waals surface area contributed by atoms with Gasteiger partial charge in [0.05, 0.1) is 0 Å². The van der Waals surface area contributed by atoms with Crippen LogP contribution in [0.3, 0.4) is 0 Å². The summed E-state index contributed by atoms with van der Waals surface area (Å²) in [6.07, 6.45) is 39.2. The molecule has 0 spiro atoms. The second kappa shape index (κ2) is 25.5. The zero-order valence-electron chi connectivity index (χ0n) is 19.7. The lowest BCUT2D eigenvalue weighted by Crippen LogP contribution is -1.93. The molecule has 0 bridgehead atoms. The van der Waals surface area contributed by atoms with E-state index < -0.39 is 5.97 Å². The molecule has 0 saturated heterocycles. The number of rotatable bonds is 22. The van der Waals surface area contributed by atoms with Gasteiger partial charge in [-0.25, -0.2) is 0 Å². The maximum atomic E-state index is 10.4. The van der Waals surface area contributed by atoms with Gasteiger partial charge in [0.25, 0.3) is 0 Å². The molecule has 0 aromatic heterocycles. The summed E-state index contributed by atoms with van der Waals surface area (Å²) in [7, 11) is 0. The van der Waals surface area contributed by atoms with E-state index in [4.69, 9.17) is 5.11 Å². The van der Waals surface area contributed by atoms with E-state index in [-0.39, 0.29) is 0 Å². The monoisotopic (exact) mass is 416 g/mol. The summed E-state index contributed by atoms with van der Waals surface area (Å²) in [6, 6.07) is 0. The Morgan fingerprint density at radius 2 is 0.900 bits per heavy atom. The minimum Gasteiger partial charge on any atom is -0.481 e. The molecule has 0 aliphatic heterocycles. The second-order valence-corrected chi connectivity index (χ2v) is 8.16. The molecule has 172 valence electrons. The van der Waals surface area contributed by atoms with Gasteiger partial charge in [-0.1, -0.05) is 100 Å². The minimum absolute atomic E-state index is 0.329. The summed E-state index contributed by atoms with van der Waals surface area (Å²) >= 11 is 0. The SMILES string of the molecule is CCC=CCC=CCC=CCCCCCCCC=CCCCCCCCCC(=O)O. The quantitative estimate of drug-likeness (QED) is 0.141. The Hall–Kier alpha value is -1.57. The molecule has 0 fully saturated rings. The van der Waals surface area contributed by atoms with Gasteiger partial charge in [0.2, 0.25) is 0 Å². The highest BCUT2D eigenvalue weighted by Gasteiger charge is 1.96. The van der Waals surface area contributed by atoms with E-state index in [1.54, 1.807) is 0 Å². The van der Waals surface area contributed by atoms with Crippen LogP contribution in [-0.2, 0) is 4.79 Å². The Balaban J connectivity index is 3.22. The number of carboxylic acids is 1.